The van der Waals surface area contributed by atoms with Crippen LogP contribution in [-0.4, -0.2) is 48.0 Å². The molecule has 0 spiro atoms. The average molecular weight is 362 g/mol. The molecule has 0 bridgehead atoms. The number of carbonyl (C=O) groups excluding carboxylic acids is 2. The van der Waals surface area contributed by atoms with E-state index in [2.05, 4.69) is 10.3 Å². The number of halogens is 1. The molecule has 6 nitrogen and oxygen atoms in total. The van der Waals surface area contributed by atoms with E-state index in [1.54, 1.807) is 29.5 Å². The van der Waals surface area contributed by atoms with Gasteiger partial charge in [-0.05, 0) is 19.1 Å². The number of hydrogen-bond donors (Lipinski definition) is 1. The molecule has 3 rings (SSSR count). The summed E-state index contributed by atoms with van der Waals surface area (Å²) in [5.41, 5.74) is 1.19. The molecule has 0 aliphatic carbocycles. The molecule has 1 fully saturated rings. The second-order valence-corrected chi connectivity index (χ2v) is 6.83. The minimum Gasteiger partial charge on any atom is -0.354 e. The molecule has 1 N–H and O–H groups in total. The molecule has 8 heteroatoms. The molecule has 1 aliphatic rings. The molecule has 2 aromatic rings. The van der Waals surface area contributed by atoms with Crippen LogP contribution >= 0.6 is 11.3 Å². The van der Waals surface area contributed by atoms with E-state index in [0.717, 1.165) is 10.7 Å². The van der Waals surface area contributed by atoms with Gasteiger partial charge in [0.25, 0.3) is 0 Å². The average Bonchev–Trinajstić information content (AvgIpc) is 3.15. The van der Waals surface area contributed by atoms with E-state index in [9.17, 15) is 14.0 Å². The largest absolute Gasteiger partial charge is 0.354 e. The summed E-state index contributed by atoms with van der Waals surface area (Å²) in [6.45, 7) is 3.14. The first-order valence-electron chi connectivity index (χ1n) is 8.03. The summed E-state index contributed by atoms with van der Waals surface area (Å²) in [4.78, 5) is 31.5. The summed E-state index contributed by atoms with van der Waals surface area (Å²) >= 11 is 1.58. The molecule has 1 aliphatic heterocycles. The van der Waals surface area contributed by atoms with Crippen molar-refractivity contribution >= 4 is 29.0 Å². The molecule has 1 aromatic heterocycles. The van der Waals surface area contributed by atoms with Crippen LogP contribution in [0.15, 0.2) is 29.6 Å². The van der Waals surface area contributed by atoms with Crippen LogP contribution in [-0.2, 0) is 11.2 Å². The van der Waals surface area contributed by atoms with Gasteiger partial charge in [-0.2, -0.15) is 0 Å². The van der Waals surface area contributed by atoms with Gasteiger partial charge in [0.05, 0.1) is 16.4 Å². The Labute approximate surface area is 149 Å². The Kier molecular flexibility index (Phi) is 5.28. The highest BCUT2D eigenvalue weighted by atomic mass is 32.1. The molecule has 25 heavy (non-hydrogen) atoms. The van der Waals surface area contributed by atoms with Gasteiger partial charge >= 0.3 is 6.03 Å². The van der Waals surface area contributed by atoms with Gasteiger partial charge in [-0.1, -0.05) is 12.1 Å². The quantitative estimate of drug-likeness (QED) is 0.857. The molecule has 1 saturated heterocycles. The van der Waals surface area contributed by atoms with Crippen LogP contribution in [0.4, 0.5) is 14.9 Å². The summed E-state index contributed by atoms with van der Waals surface area (Å²) in [6, 6.07) is 5.79. The minimum atomic E-state index is -0.444. The van der Waals surface area contributed by atoms with E-state index in [1.807, 2.05) is 12.3 Å². The zero-order valence-electron chi connectivity index (χ0n) is 13.9. The monoisotopic (exact) mass is 362 g/mol. The lowest BCUT2D eigenvalue weighted by molar-refractivity contribution is -0.121. The SMILES string of the molecule is Cc1nc(CCNC(=O)CN2CCN(c3ccccc3F)C2=O)cs1. The number of amides is 3. The Balaban J connectivity index is 1.49. The number of nitrogens with zero attached hydrogens (tertiary/aromatic N) is 3. The minimum absolute atomic E-state index is 0.0279. The van der Waals surface area contributed by atoms with Gasteiger partial charge in [0.1, 0.15) is 12.4 Å². The summed E-state index contributed by atoms with van der Waals surface area (Å²) in [5.74, 6) is -0.670. The number of thiazole rings is 1. The van der Waals surface area contributed by atoms with Crippen molar-refractivity contribution in [3.63, 3.8) is 0 Å². The van der Waals surface area contributed by atoms with Crippen LogP contribution in [0, 0.1) is 12.7 Å². The maximum absolute atomic E-state index is 13.8. The van der Waals surface area contributed by atoms with E-state index < -0.39 is 5.82 Å². The molecule has 2 heterocycles. The van der Waals surface area contributed by atoms with Crippen molar-refractivity contribution in [2.45, 2.75) is 13.3 Å². The molecular formula is C17H19FN4O2S. The van der Waals surface area contributed by atoms with Crippen LogP contribution in [0.3, 0.4) is 0 Å². The molecular weight excluding hydrogens is 343 g/mol. The van der Waals surface area contributed by atoms with Gasteiger partial charge in [-0.3, -0.25) is 9.69 Å². The number of nitrogens with one attached hydrogen (secondary N) is 1. The number of para-hydroxylation sites is 1. The Hall–Kier alpha value is -2.48. The van der Waals surface area contributed by atoms with E-state index in [0.29, 0.717) is 26.1 Å². The van der Waals surface area contributed by atoms with Crippen LogP contribution in [0.25, 0.3) is 0 Å². The van der Waals surface area contributed by atoms with Crippen molar-refractivity contribution in [2.75, 3.05) is 31.1 Å². The fraction of sp³-hybridized carbons (Fsp3) is 0.353. The van der Waals surface area contributed by atoms with Crippen LogP contribution in [0.2, 0.25) is 0 Å². The summed E-state index contributed by atoms with van der Waals surface area (Å²) in [5, 5.41) is 5.76. The highest BCUT2D eigenvalue weighted by Crippen LogP contribution is 2.23. The lowest BCUT2D eigenvalue weighted by Crippen LogP contribution is -2.40. The number of benzene rings is 1. The second-order valence-electron chi connectivity index (χ2n) is 5.76. The van der Waals surface area contributed by atoms with E-state index >= 15 is 0 Å². The number of rotatable bonds is 6. The van der Waals surface area contributed by atoms with Gasteiger partial charge in [-0.25, -0.2) is 14.2 Å². The topological polar surface area (TPSA) is 65.5 Å². The van der Waals surface area contributed by atoms with Crippen molar-refractivity contribution in [3.05, 3.63) is 46.2 Å². The number of urea groups is 1. The first-order chi connectivity index (χ1) is 12.0. The van der Waals surface area contributed by atoms with E-state index in [1.165, 1.54) is 15.9 Å². The highest BCUT2D eigenvalue weighted by molar-refractivity contribution is 7.09. The van der Waals surface area contributed by atoms with Gasteiger partial charge in [0, 0.05) is 31.4 Å². The molecule has 3 amide bonds. The molecule has 1 aromatic carbocycles. The number of anilines is 1. The first kappa shape index (κ1) is 17.3. The predicted molar refractivity (Wildman–Crippen MR) is 94.3 cm³/mol. The van der Waals surface area contributed by atoms with E-state index in [-0.39, 0.29) is 24.2 Å². The van der Waals surface area contributed by atoms with Crippen molar-refractivity contribution in [1.29, 1.82) is 0 Å². The normalized spacial score (nSPS) is 14.2. The summed E-state index contributed by atoms with van der Waals surface area (Å²) in [7, 11) is 0. The zero-order chi connectivity index (χ0) is 17.8. The van der Waals surface area contributed by atoms with E-state index in [4.69, 9.17) is 0 Å². The number of carbonyl (C=O) groups is 2. The summed E-state index contributed by atoms with van der Waals surface area (Å²) < 4.78 is 13.8. The Morgan fingerprint density at radius 3 is 2.88 bits per heavy atom. The lowest BCUT2D eigenvalue weighted by Gasteiger charge is -2.18. The predicted octanol–water partition coefficient (Wildman–Crippen LogP) is 2.19. The Bertz CT molecular complexity index is 780. The van der Waals surface area contributed by atoms with Crippen molar-refractivity contribution < 1.29 is 14.0 Å². The maximum Gasteiger partial charge on any atom is 0.325 e. The van der Waals surface area contributed by atoms with Crippen LogP contribution in [0.5, 0.6) is 0 Å². The van der Waals surface area contributed by atoms with Crippen molar-refractivity contribution in [2.24, 2.45) is 0 Å². The molecule has 0 radical (unpaired) electrons. The summed E-state index contributed by atoms with van der Waals surface area (Å²) in [6.07, 6.45) is 0.658. The van der Waals surface area contributed by atoms with Crippen molar-refractivity contribution in [3.8, 4) is 0 Å². The highest BCUT2D eigenvalue weighted by Gasteiger charge is 2.31. The van der Waals surface area contributed by atoms with Gasteiger partial charge in [-0.15, -0.1) is 11.3 Å². The third-order valence-electron chi connectivity index (χ3n) is 3.94. The van der Waals surface area contributed by atoms with Gasteiger partial charge in [0.2, 0.25) is 5.91 Å². The molecule has 0 saturated carbocycles. The fourth-order valence-electron chi connectivity index (χ4n) is 2.71. The molecule has 132 valence electrons. The second kappa shape index (κ2) is 7.60. The molecule has 0 atom stereocenters. The zero-order valence-corrected chi connectivity index (χ0v) is 14.7. The van der Waals surface area contributed by atoms with Crippen LogP contribution in [0.1, 0.15) is 10.7 Å². The fourth-order valence-corrected chi connectivity index (χ4v) is 3.35. The third-order valence-corrected chi connectivity index (χ3v) is 4.76. The Morgan fingerprint density at radius 1 is 1.36 bits per heavy atom. The van der Waals surface area contributed by atoms with Gasteiger partial charge < -0.3 is 10.2 Å². The van der Waals surface area contributed by atoms with Crippen LogP contribution < -0.4 is 10.2 Å². The number of hydrogen-bond acceptors (Lipinski definition) is 4. The molecule has 0 unspecified atom stereocenters. The maximum atomic E-state index is 13.8. The van der Waals surface area contributed by atoms with Gasteiger partial charge in [0.15, 0.2) is 0 Å². The van der Waals surface area contributed by atoms with Crippen molar-refractivity contribution in [1.82, 2.24) is 15.2 Å². The number of aryl methyl sites for hydroxylation is 1. The number of aromatic nitrogens is 1. The standard InChI is InChI=1S/C17H19FN4O2S/c1-12-20-13(11-25-12)6-7-19-16(23)10-21-8-9-22(17(21)24)15-5-3-2-4-14(15)18/h2-5,11H,6-10H2,1H3,(H,19,23). The Morgan fingerprint density at radius 2 is 2.16 bits per heavy atom. The smallest absolute Gasteiger partial charge is 0.325 e. The lowest BCUT2D eigenvalue weighted by atomic mass is 10.3. The first-order valence-corrected chi connectivity index (χ1v) is 8.91. The third kappa shape index (κ3) is 4.14.